The molecule has 0 fully saturated rings. The van der Waals surface area contributed by atoms with Gasteiger partial charge in [0.2, 0.25) is 5.88 Å². The number of benzene rings is 1. The van der Waals surface area contributed by atoms with Crippen molar-refractivity contribution in [3.8, 4) is 11.6 Å². The first-order chi connectivity index (χ1) is 14.7. The first kappa shape index (κ1) is 24.8. The molecule has 0 saturated carbocycles. The number of ether oxygens (including phenoxy) is 2. The normalized spacial score (nSPS) is 11.5. The van der Waals surface area contributed by atoms with Crippen molar-refractivity contribution >= 4 is 29.4 Å². The number of aryl methyl sites for hydroxylation is 2. The smallest absolute Gasteiger partial charge is 0.417 e. The van der Waals surface area contributed by atoms with E-state index in [0.29, 0.717) is 12.2 Å². The van der Waals surface area contributed by atoms with Gasteiger partial charge in [0.1, 0.15) is 23.5 Å². The van der Waals surface area contributed by atoms with Crippen LogP contribution in [0.25, 0.3) is 0 Å². The highest BCUT2D eigenvalue weighted by Crippen LogP contribution is 2.29. The van der Waals surface area contributed by atoms with Crippen molar-refractivity contribution in [3.05, 3.63) is 63.3 Å². The van der Waals surface area contributed by atoms with Gasteiger partial charge in [-0.25, -0.2) is 4.98 Å². The average Bonchev–Trinajstić information content (AvgIpc) is 2.68. The molecule has 10 heteroatoms. The maximum Gasteiger partial charge on any atom is 0.417 e. The lowest BCUT2D eigenvalue weighted by molar-refractivity contribution is -0.137. The maximum atomic E-state index is 12.5. The fourth-order valence-electron chi connectivity index (χ4n) is 2.50. The summed E-state index contributed by atoms with van der Waals surface area (Å²) in [7, 11) is 0. The highest BCUT2D eigenvalue weighted by molar-refractivity contribution is 6.55. The topological polar surface area (TPSA) is 52.9 Å². The highest BCUT2D eigenvalue weighted by Gasteiger charge is 2.30. The second kappa shape index (κ2) is 11.8. The molecule has 2 rings (SSSR count). The van der Waals surface area contributed by atoms with Crippen LogP contribution in [0.4, 0.5) is 13.2 Å². The van der Waals surface area contributed by atoms with Gasteiger partial charge in [0.15, 0.2) is 0 Å². The van der Waals surface area contributed by atoms with Gasteiger partial charge in [-0.3, -0.25) is 0 Å². The standard InChI is InChI=1S/C21H21Cl2F3N2O3/c1-14-10-17(29-9-6-19(22)23)11-15(2)18(14)13-28-31-8-3-7-30-20-5-4-16(12-27-20)21(24,25)26/h4-6,10-13H,3,7-9H2,1-2H3. The van der Waals surface area contributed by atoms with E-state index in [2.05, 4.69) is 10.1 Å². The van der Waals surface area contributed by atoms with Crippen LogP contribution < -0.4 is 9.47 Å². The van der Waals surface area contributed by atoms with Crippen LogP contribution in [0, 0.1) is 13.8 Å². The second-order valence-corrected chi connectivity index (χ2v) is 7.44. The molecule has 31 heavy (non-hydrogen) atoms. The number of rotatable bonds is 10. The highest BCUT2D eigenvalue weighted by atomic mass is 35.5. The SMILES string of the molecule is Cc1cc(OCC=C(Cl)Cl)cc(C)c1C=NOCCCOc1ccc(C(F)(F)F)cn1. The van der Waals surface area contributed by atoms with Crippen LogP contribution in [0.15, 0.2) is 46.2 Å². The number of hydrogen-bond donors (Lipinski definition) is 0. The first-order valence-electron chi connectivity index (χ1n) is 9.23. The molecular formula is C21H21Cl2F3N2O3. The summed E-state index contributed by atoms with van der Waals surface area (Å²) in [6.45, 7) is 4.63. The first-order valence-corrected chi connectivity index (χ1v) is 9.99. The molecule has 0 aliphatic heterocycles. The Balaban J connectivity index is 1.74. The molecule has 0 atom stereocenters. The molecule has 0 saturated heterocycles. The molecule has 0 aliphatic carbocycles. The van der Waals surface area contributed by atoms with Gasteiger partial charge in [-0.15, -0.1) is 0 Å². The summed E-state index contributed by atoms with van der Waals surface area (Å²) in [5, 5.41) is 3.96. The van der Waals surface area contributed by atoms with Crippen LogP contribution in [-0.4, -0.2) is 31.0 Å². The molecule has 1 aromatic carbocycles. The van der Waals surface area contributed by atoms with E-state index in [1.165, 1.54) is 6.07 Å². The molecule has 0 N–H and O–H groups in total. The van der Waals surface area contributed by atoms with Gasteiger partial charge < -0.3 is 14.3 Å². The lowest BCUT2D eigenvalue weighted by atomic mass is 10.0. The maximum absolute atomic E-state index is 12.5. The minimum atomic E-state index is -4.42. The van der Waals surface area contributed by atoms with E-state index in [1.807, 2.05) is 26.0 Å². The Morgan fingerprint density at radius 2 is 1.81 bits per heavy atom. The molecule has 0 radical (unpaired) electrons. The molecule has 0 amide bonds. The van der Waals surface area contributed by atoms with Gasteiger partial charge in [-0.1, -0.05) is 28.4 Å². The Labute approximate surface area is 188 Å². The molecule has 168 valence electrons. The number of hydrogen-bond acceptors (Lipinski definition) is 5. The summed E-state index contributed by atoms with van der Waals surface area (Å²) in [4.78, 5) is 8.86. The van der Waals surface area contributed by atoms with Crippen molar-refractivity contribution < 1.29 is 27.5 Å². The largest absolute Gasteiger partial charge is 0.489 e. The van der Waals surface area contributed by atoms with Gasteiger partial charge in [0.05, 0.1) is 18.4 Å². The Morgan fingerprint density at radius 1 is 1.10 bits per heavy atom. The van der Waals surface area contributed by atoms with Crippen LogP contribution in [0.1, 0.15) is 28.7 Å². The fraction of sp³-hybridized carbons (Fsp3) is 0.333. The van der Waals surface area contributed by atoms with E-state index in [1.54, 1.807) is 12.3 Å². The van der Waals surface area contributed by atoms with Crippen LogP contribution in [-0.2, 0) is 11.0 Å². The zero-order valence-electron chi connectivity index (χ0n) is 16.9. The van der Waals surface area contributed by atoms with E-state index in [-0.39, 0.29) is 30.2 Å². The minimum absolute atomic E-state index is 0.119. The predicted molar refractivity (Wildman–Crippen MR) is 114 cm³/mol. The summed E-state index contributed by atoms with van der Waals surface area (Å²) in [6, 6.07) is 5.85. The van der Waals surface area contributed by atoms with Crippen molar-refractivity contribution in [2.45, 2.75) is 26.4 Å². The Kier molecular flexibility index (Phi) is 9.45. The van der Waals surface area contributed by atoms with Crippen molar-refractivity contribution in [3.63, 3.8) is 0 Å². The predicted octanol–water partition coefficient (Wildman–Crippen LogP) is 6.23. The van der Waals surface area contributed by atoms with Gasteiger partial charge >= 0.3 is 6.18 Å². The van der Waals surface area contributed by atoms with Gasteiger partial charge in [0, 0.05) is 24.2 Å². The Hall–Kier alpha value is -2.45. The number of oxime groups is 1. The lowest BCUT2D eigenvalue weighted by Gasteiger charge is -2.10. The van der Waals surface area contributed by atoms with E-state index in [0.717, 1.165) is 29.0 Å². The zero-order chi connectivity index (χ0) is 22.9. The summed E-state index contributed by atoms with van der Waals surface area (Å²) >= 11 is 11.1. The monoisotopic (exact) mass is 476 g/mol. The molecule has 0 spiro atoms. The summed E-state index contributed by atoms with van der Waals surface area (Å²) in [5.74, 6) is 0.807. The number of halogens is 5. The molecule has 1 heterocycles. The summed E-state index contributed by atoms with van der Waals surface area (Å²) in [6.07, 6.45) is -0.0316. The summed E-state index contributed by atoms with van der Waals surface area (Å²) < 4.78 is 48.5. The Morgan fingerprint density at radius 3 is 2.39 bits per heavy atom. The molecule has 1 aromatic heterocycles. The van der Waals surface area contributed by atoms with E-state index in [9.17, 15) is 13.2 Å². The van der Waals surface area contributed by atoms with E-state index >= 15 is 0 Å². The van der Waals surface area contributed by atoms with Crippen LogP contribution in [0.5, 0.6) is 11.6 Å². The van der Waals surface area contributed by atoms with Crippen molar-refractivity contribution in [2.75, 3.05) is 19.8 Å². The number of alkyl halides is 3. The van der Waals surface area contributed by atoms with Gasteiger partial charge in [-0.05, 0) is 49.2 Å². The van der Waals surface area contributed by atoms with Gasteiger partial charge in [0.25, 0.3) is 0 Å². The third-order valence-electron chi connectivity index (χ3n) is 4.00. The fourth-order valence-corrected chi connectivity index (χ4v) is 2.63. The zero-order valence-corrected chi connectivity index (χ0v) is 18.4. The molecule has 0 unspecified atom stereocenters. The van der Waals surface area contributed by atoms with Crippen LogP contribution >= 0.6 is 23.2 Å². The number of pyridine rings is 1. The molecule has 0 aliphatic rings. The van der Waals surface area contributed by atoms with E-state index < -0.39 is 11.7 Å². The van der Waals surface area contributed by atoms with Crippen LogP contribution in [0.2, 0.25) is 0 Å². The van der Waals surface area contributed by atoms with E-state index in [4.69, 9.17) is 37.5 Å². The summed E-state index contributed by atoms with van der Waals surface area (Å²) in [5.41, 5.74) is 2.00. The molecule has 0 bridgehead atoms. The second-order valence-electron chi connectivity index (χ2n) is 6.43. The molecule has 2 aromatic rings. The Bertz CT molecular complexity index is 890. The van der Waals surface area contributed by atoms with Crippen molar-refractivity contribution in [1.29, 1.82) is 0 Å². The lowest BCUT2D eigenvalue weighted by Crippen LogP contribution is -2.07. The third-order valence-corrected chi connectivity index (χ3v) is 4.31. The number of nitrogens with zero attached hydrogens (tertiary/aromatic N) is 2. The minimum Gasteiger partial charge on any atom is -0.489 e. The molecular weight excluding hydrogens is 456 g/mol. The van der Waals surface area contributed by atoms with Gasteiger partial charge in [-0.2, -0.15) is 13.2 Å². The average molecular weight is 477 g/mol. The van der Waals surface area contributed by atoms with Crippen LogP contribution in [0.3, 0.4) is 0 Å². The third kappa shape index (κ3) is 8.67. The van der Waals surface area contributed by atoms with Crippen molar-refractivity contribution in [1.82, 2.24) is 4.98 Å². The van der Waals surface area contributed by atoms with Crippen molar-refractivity contribution in [2.24, 2.45) is 5.16 Å². The molecule has 5 nitrogen and oxygen atoms in total. The number of aromatic nitrogens is 1. The quantitative estimate of drug-likeness (QED) is 0.231.